The molecule has 0 atom stereocenters. The zero-order valence-electron chi connectivity index (χ0n) is 6.70. The Balaban J connectivity index is 2.64. The predicted molar refractivity (Wildman–Crippen MR) is 45.0 cm³/mol. The molecule has 0 aliphatic carbocycles. The number of aromatic nitrogens is 3. The highest BCUT2D eigenvalue weighted by molar-refractivity contribution is 9.10. The van der Waals surface area contributed by atoms with Crippen LogP contribution in [-0.4, -0.2) is 34.0 Å². The summed E-state index contributed by atoms with van der Waals surface area (Å²) in [5, 5.41) is 5.95. The molecule has 1 aromatic heterocycles. The molecular formula is C6H6BrN3O3. The second kappa shape index (κ2) is 4.13. The molecule has 0 aromatic carbocycles. The molecule has 0 unspecified atom stereocenters. The maximum atomic E-state index is 11.2. The van der Waals surface area contributed by atoms with E-state index in [1.807, 2.05) is 0 Å². The van der Waals surface area contributed by atoms with E-state index < -0.39 is 11.8 Å². The molecule has 1 rings (SSSR count). The Morgan fingerprint density at radius 2 is 2.31 bits per heavy atom. The van der Waals surface area contributed by atoms with Gasteiger partial charge in [0.25, 0.3) is 0 Å². The molecule has 0 aliphatic rings. The summed E-state index contributed by atoms with van der Waals surface area (Å²) in [6, 6.07) is 0. The lowest BCUT2D eigenvalue weighted by atomic mass is 10.3. The van der Waals surface area contributed by atoms with E-state index in [-0.39, 0.29) is 17.0 Å². The van der Waals surface area contributed by atoms with Crippen LogP contribution in [0.1, 0.15) is 17.0 Å². The van der Waals surface area contributed by atoms with Crippen molar-refractivity contribution in [3.05, 3.63) is 10.6 Å². The number of halogens is 1. The minimum absolute atomic E-state index is 0.0391. The van der Waals surface area contributed by atoms with Gasteiger partial charge in [-0.15, -0.1) is 5.10 Å². The Hall–Kier alpha value is -1.24. The number of hydrogen-bond acceptors (Lipinski definition) is 5. The fourth-order valence-electron chi connectivity index (χ4n) is 0.653. The van der Waals surface area contributed by atoms with Crippen LogP contribution in [0, 0.1) is 0 Å². The summed E-state index contributed by atoms with van der Waals surface area (Å²) in [6.45, 7) is 0. The summed E-state index contributed by atoms with van der Waals surface area (Å²) in [5.41, 5.74) is 0. The third-order valence-electron chi connectivity index (χ3n) is 1.25. The van der Waals surface area contributed by atoms with Gasteiger partial charge in [0, 0.05) is 0 Å². The van der Waals surface area contributed by atoms with E-state index in [0.717, 1.165) is 0 Å². The van der Waals surface area contributed by atoms with Crippen molar-refractivity contribution in [1.29, 1.82) is 0 Å². The van der Waals surface area contributed by atoms with E-state index in [2.05, 4.69) is 35.8 Å². The van der Waals surface area contributed by atoms with Crippen LogP contribution in [0.2, 0.25) is 0 Å². The number of ether oxygens (including phenoxy) is 1. The Kier molecular flexibility index (Phi) is 3.13. The number of H-pyrrole nitrogens is 1. The Labute approximate surface area is 81.8 Å². The largest absolute Gasteiger partial charge is 0.469 e. The molecule has 1 N–H and O–H groups in total. The maximum absolute atomic E-state index is 11.2. The number of aromatic amines is 1. The quantitative estimate of drug-likeness (QED) is 0.472. The fourth-order valence-corrected chi connectivity index (χ4v) is 0.919. The normalized spacial score (nSPS) is 9.69. The van der Waals surface area contributed by atoms with Crippen LogP contribution in [0.5, 0.6) is 0 Å². The molecule has 0 spiro atoms. The maximum Gasteiger partial charge on any atom is 0.313 e. The van der Waals surface area contributed by atoms with Crippen molar-refractivity contribution in [1.82, 2.24) is 15.2 Å². The second-order valence-corrected chi connectivity index (χ2v) is 2.84. The van der Waals surface area contributed by atoms with Crippen LogP contribution in [0.4, 0.5) is 0 Å². The zero-order chi connectivity index (χ0) is 9.84. The lowest BCUT2D eigenvalue weighted by Crippen LogP contribution is -2.10. The number of rotatable bonds is 3. The molecule has 1 heterocycles. The smallest absolute Gasteiger partial charge is 0.313 e. The number of carbonyl (C=O) groups is 2. The van der Waals surface area contributed by atoms with Gasteiger partial charge in [0.15, 0.2) is 5.82 Å². The molecule has 13 heavy (non-hydrogen) atoms. The van der Waals surface area contributed by atoms with Gasteiger partial charge in [-0.05, 0) is 15.9 Å². The summed E-state index contributed by atoms with van der Waals surface area (Å²) in [7, 11) is 1.21. The number of ketones is 1. The second-order valence-electron chi connectivity index (χ2n) is 2.13. The summed E-state index contributed by atoms with van der Waals surface area (Å²) in [6.07, 6.45) is -0.335. The van der Waals surface area contributed by atoms with Crippen molar-refractivity contribution in [2.45, 2.75) is 6.42 Å². The van der Waals surface area contributed by atoms with Crippen LogP contribution < -0.4 is 0 Å². The Morgan fingerprint density at radius 3 is 2.77 bits per heavy atom. The first-order chi connectivity index (χ1) is 6.13. The van der Waals surface area contributed by atoms with Gasteiger partial charge in [-0.25, -0.2) is 0 Å². The molecule has 70 valence electrons. The summed E-state index contributed by atoms with van der Waals surface area (Å²) in [4.78, 5) is 25.5. The topological polar surface area (TPSA) is 84.9 Å². The first kappa shape index (κ1) is 9.85. The monoisotopic (exact) mass is 247 g/mol. The molecule has 0 radical (unpaired) electrons. The third-order valence-corrected chi connectivity index (χ3v) is 1.61. The lowest BCUT2D eigenvalue weighted by molar-refractivity contribution is -0.139. The summed E-state index contributed by atoms with van der Waals surface area (Å²) >= 11 is 2.96. The van der Waals surface area contributed by atoms with Gasteiger partial charge in [-0.1, -0.05) is 0 Å². The lowest BCUT2D eigenvalue weighted by Gasteiger charge is -1.94. The SMILES string of the molecule is COC(=O)CC(=O)c1nc(Br)n[nH]1. The van der Waals surface area contributed by atoms with E-state index in [4.69, 9.17) is 0 Å². The molecule has 1 aromatic rings. The predicted octanol–water partition coefficient (Wildman–Crippen LogP) is 0.313. The van der Waals surface area contributed by atoms with E-state index in [9.17, 15) is 9.59 Å². The summed E-state index contributed by atoms with van der Waals surface area (Å²) < 4.78 is 4.59. The van der Waals surface area contributed by atoms with Gasteiger partial charge >= 0.3 is 5.97 Å². The van der Waals surface area contributed by atoms with Gasteiger partial charge in [-0.2, -0.15) is 4.98 Å². The zero-order valence-corrected chi connectivity index (χ0v) is 8.29. The average Bonchev–Trinajstić information content (AvgIpc) is 2.51. The molecular weight excluding hydrogens is 242 g/mol. The Bertz CT molecular complexity index is 336. The molecule has 6 nitrogen and oxygen atoms in total. The van der Waals surface area contributed by atoms with Crippen molar-refractivity contribution >= 4 is 27.7 Å². The number of carbonyl (C=O) groups excluding carboxylic acids is 2. The first-order valence-corrected chi connectivity index (χ1v) is 4.10. The minimum Gasteiger partial charge on any atom is -0.469 e. The van der Waals surface area contributed by atoms with Crippen LogP contribution in [0.15, 0.2) is 4.73 Å². The van der Waals surface area contributed by atoms with Crippen molar-refractivity contribution in [3.8, 4) is 0 Å². The number of methoxy groups -OCH3 is 1. The molecule has 0 saturated carbocycles. The Morgan fingerprint density at radius 1 is 1.62 bits per heavy atom. The highest BCUT2D eigenvalue weighted by Crippen LogP contribution is 2.03. The number of hydrogen-bond donors (Lipinski definition) is 1. The fraction of sp³-hybridized carbons (Fsp3) is 0.333. The van der Waals surface area contributed by atoms with Crippen molar-refractivity contribution in [2.75, 3.05) is 7.11 Å². The van der Waals surface area contributed by atoms with Gasteiger partial charge in [0.2, 0.25) is 10.5 Å². The van der Waals surface area contributed by atoms with E-state index in [1.165, 1.54) is 7.11 Å². The van der Waals surface area contributed by atoms with Crippen LogP contribution >= 0.6 is 15.9 Å². The molecule has 0 saturated heterocycles. The van der Waals surface area contributed by atoms with Gasteiger partial charge < -0.3 is 4.74 Å². The standard InChI is InChI=1S/C6H6BrN3O3/c1-13-4(12)2-3(11)5-8-6(7)10-9-5/h2H2,1H3,(H,8,9,10). The average molecular weight is 248 g/mol. The van der Waals surface area contributed by atoms with E-state index in [1.54, 1.807) is 0 Å². The number of nitrogens with one attached hydrogen (secondary N) is 1. The van der Waals surface area contributed by atoms with Crippen LogP contribution in [0.25, 0.3) is 0 Å². The van der Waals surface area contributed by atoms with Gasteiger partial charge in [0.05, 0.1) is 7.11 Å². The molecule has 0 bridgehead atoms. The van der Waals surface area contributed by atoms with Crippen molar-refractivity contribution in [2.24, 2.45) is 0 Å². The van der Waals surface area contributed by atoms with E-state index in [0.29, 0.717) is 0 Å². The van der Waals surface area contributed by atoms with Gasteiger partial charge in [-0.3, -0.25) is 14.7 Å². The molecule has 0 fully saturated rings. The van der Waals surface area contributed by atoms with Crippen molar-refractivity contribution < 1.29 is 14.3 Å². The number of Topliss-reactive ketones (excluding diaryl/α,β-unsaturated/α-hetero) is 1. The molecule has 7 heteroatoms. The minimum atomic E-state index is -0.600. The van der Waals surface area contributed by atoms with Crippen LogP contribution in [-0.2, 0) is 9.53 Å². The van der Waals surface area contributed by atoms with E-state index >= 15 is 0 Å². The molecule has 0 aliphatic heterocycles. The number of esters is 1. The highest BCUT2D eigenvalue weighted by Gasteiger charge is 2.15. The number of nitrogens with zero attached hydrogens (tertiary/aromatic N) is 2. The van der Waals surface area contributed by atoms with Crippen LogP contribution in [0.3, 0.4) is 0 Å². The third kappa shape index (κ3) is 2.62. The van der Waals surface area contributed by atoms with Gasteiger partial charge in [0.1, 0.15) is 6.42 Å². The first-order valence-electron chi connectivity index (χ1n) is 3.31. The highest BCUT2D eigenvalue weighted by atomic mass is 79.9. The van der Waals surface area contributed by atoms with Crippen molar-refractivity contribution in [3.63, 3.8) is 0 Å². The summed E-state index contributed by atoms with van der Waals surface area (Å²) in [5.74, 6) is -1.01. The molecule has 0 amide bonds.